The molecule has 2 aliphatic rings. The molecule has 4 heteroatoms. The Morgan fingerprint density at radius 3 is 2.67 bits per heavy atom. The highest BCUT2D eigenvalue weighted by molar-refractivity contribution is 5.18. The predicted octanol–water partition coefficient (Wildman–Crippen LogP) is 0.949. The van der Waals surface area contributed by atoms with Crippen molar-refractivity contribution in [1.82, 2.24) is 9.78 Å². The Morgan fingerprint density at radius 2 is 2.13 bits per heavy atom. The van der Waals surface area contributed by atoms with Crippen LogP contribution in [0.2, 0.25) is 0 Å². The van der Waals surface area contributed by atoms with Crippen LogP contribution in [0.5, 0.6) is 0 Å². The van der Waals surface area contributed by atoms with Crippen LogP contribution in [0.1, 0.15) is 31.2 Å². The molecule has 0 amide bonds. The lowest BCUT2D eigenvalue weighted by Crippen LogP contribution is -2.38. The highest BCUT2D eigenvalue weighted by Gasteiger charge is 2.45. The highest BCUT2D eigenvalue weighted by Crippen LogP contribution is 2.43. The molecule has 0 aromatic carbocycles. The molecule has 2 unspecified atom stereocenters. The molecule has 3 rings (SSSR count). The van der Waals surface area contributed by atoms with E-state index in [4.69, 9.17) is 4.74 Å². The van der Waals surface area contributed by atoms with Gasteiger partial charge in [0.25, 0.3) is 0 Å². The van der Waals surface area contributed by atoms with Crippen LogP contribution < -0.4 is 0 Å². The van der Waals surface area contributed by atoms with E-state index in [9.17, 15) is 5.11 Å². The molecule has 0 radical (unpaired) electrons. The molecule has 0 spiro atoms. The maximum Gasteiger partial charge on any atom is 0.0976 e. The molecule has 2 fully saturated rings. The Balaban J connectivity index is 1.90. The van der Waals surface area contributed by atoms with Crippen molar-refractivity contribution < 1.29 is 9.84 Å². The third-order valence-electron chi connectivity index (χ3n) is 3.57. The van der Waals surface area contributed by atoms with Crippen molar-refractivity contribution >= 4 is 0 Å². The van der Waals surface area contributed by atoms with Gasteiger partial charge >= 0.3 is 0 Å². The van der Waals surface area contributed by atoms with Crippen molar-refractivity contribution in [2.45, 2.75) is 43.5 Å². The number of hydrogen-bond acceptors (Lipinski definition) is 3. The van der Waals surface area contributed by atoms with Gasteiger partial charge in [-0.15, -0.1) is 0 Å². The zero-order chi connectivity index (χ0) is 10.5. The van der Waals surface area contributed by atoms with E-state index in [1.165, 1.54) is 0 Å². The molecule has 2 atom stereocenters. The largest absolute Gasteiger partial charge is 0.385 e. The van der Waals surface area contributed by atoms with Crippen molar-refractivity contribution in [3.05, 3.63) is 18.0 Å². The monoisotopic (exact) mass is 208 g/mol. The molecule has 82 valence electrons. The maximum absolute atomic E-state index is 10.6. The number of fused-ring (bicyclic) bond motifs is 2. The minimum atomic E-state index is -0.710. The van der Waals surface area contributed by atoms with E-state index in [1.54, 1.807) is 10.9 Å². The van der Waals surface area contributed by atoms with Gasteiger partial charge in [0.1, 0.15) is 0 Å². The topological polar surface area (TPSA) is 47.3 Å². The van der Waals surface area contributed by atoms with Gasteiger partial charge in [-0.3, -0.25) is 4.68 Å². The SMILES string of the molecule is Cn1cc(C2(O)CC3CCC(C2)O3)cn1. The number of aliphatic hydroxyl groups is 1. The number of aromatic nitrogens is 2. The normalized spacial score (nSPS) is 39.6. The Labute approximate surface area is 88.9 Å². The van der Waals surface area contributed by atoms with Crippen LogP contribution in [0, 0.1) is 0 Å². The van der Waals surface area contributed by atoms with Crippen molar-refractivity contribution in [3.8, 4) is 0 Å². The molecule has 15 heavy (non-hydrogen) atoms. The first kappa shape index (κ1) is 9.36. The number of nitrogens with zero attached hydrogens (tertiary/aromatic N) is 2. The third kappa shape index (κ3) is 1.48. The van der Waals surface area contributed by atoms with E-state index in [0.717, 1.165) is 31.2 Å². The van der Waals surface area contributed by atoms with Gasteiger partial charge in [0.05, 0.1) is 24.0 Å². The average molecular weight is 208 g/mol. The molecule has 0 aliphatic carbocycles. The van der Waals surface area contributed by atoms with Crippen molar-refractivity contribution in [1.29, 1.82) is 0 Å². The first-order valence-corrected chi connectivity index (χ1v) is 5.53. The lowest BCUT2D eigenvalue weighted by atomic mass is 9.85. The number of aryl methyl sites for hydroxylation is 1. The van der Waals surface area contributed by atoms with Crippen LogP contribution in [0.15, 0.2) is 12.4 Å². The molecule has 2 saturated heterocycles. The van der Waals surface area contributed by atoms with Gasteiger partial charge in [-0.25, -0.2) is 0 Å². The average Bonchev–Trinajstić information content (AvgIpc) is 2.74. The fourth-order valence-electron chi connectivity index (χ4n) is 2.81. The molecular weight excluding hydrogens is 192 g/mol. The van der Waals surface area contributed by atoms with Crippen molar-refractivity contribution in [3.63, 3.8) is 0 Å². The van der Waals surface area contributed by atoms with Crippen molar-refractivity contribution in [2.75, 3.05) is 0 Å². The van der Waals surface area contributed by atoms with Gasteiger partial charge in [-0.05, 0) is 12.8 Å². The van der Waals surface area contributed by atoms with Crippen LogP contribution in [-0.4, -0.2) is 27.1 Å². The number of ether oxygens (including phenoxy) is 1. The second-order valence-corrected chi connectivity index (χ2v) is 4.80. The highest BCUT2D eigenvalue weighted by atomic mass is 16.5. The number of hydrogen-bond donors (Lipinski definition) is 1. The molecule has 2 bridgehead atoms. The van der Waals surface area contributed by atoms with Gasteiger partial charge in [0, 0.05) is 31.6 Å². The fourth-order valence-corrected chi connectivity index (χ4v) is 2.81. The van der Waals surface area contributed by atoms with Crippen LogP contribution in [0.25, 0.3) is 0 Å². The van der Waals surface area contributed by atoms with E-state index in [2.05, 4.69) is 5.10 Å². The molecule has 1 aromatic heterocycles. The summed E-state index contributed by atoms with van der Waals surface area (Å²) in [6.45, 7) is 0. The lowest BCUT2D eigenvalue weighted by Gasteiger charge is -2.35. The first-order valence-electron chi connectivity index (χ1n) is 5.53. The summed E-state index contributed by atoms with van der Waals surface area (Å²) in [4.78, 5) is 0. The Hall–Kier alpha value is -0.870. The van der Waals surface area contributed by atoms with Crippen LogP contribution >= 0.6 is 0 Å². The maximum atomic E-state index is 10.6. The van der Waals surface area contributed by atoms with E-state index in [1.807, 2.05) is 13.2 Å². The Bertz CT molecular complexity index is 362. The minimum Gasteiger partial charge on any atom is -0.385 e. The molecule has 1 N–H and O–H groups in total. The molecule has 2 aliphatic heterocycles. The predicted molar refractivity (Wildman–Crippen MR) is 54.2 cm³/mol. The quantitative estimate of drug-likeness (QED) is 0.747. The second-order valence-electron chi connectivity index (χ2n) is 4.80. The van der Waals surface area contributed by atoms with E-state index in [0.29, 0.717) is 0 Å². The minimum absolute atomic E-state index is 0.244. The summed E-state index contributed by atoms with van der Waals surface area (Å²) in [6.07, 6.45) is 7.78. The van der Waals surface area contributed by atoms with Crippen LogP contribution in [-0.2, 0) is 17.4 Å². The molecule has 4 nitrogen and oxygen atoms in total. The second kappa shape index (κ2) is 3.06. The summed E-state index contributed by atoms with van der Waals surface area (Å²) < 4.78 is 7.47. The fraction of sp³-hybridized carbons (Fsp3) is 0.727. The first-order chi connectivity index (χ1) is 7.16. The van der Waals surface area contributed by atoms with Crippen LogP contribution in [0.3, 0.4) is 0 Å². The van der Waals surface area contributed by atoms with Gasteiger partial charge in [0.2, 0.25) is 0 Å². The van der Waals surface area contributed by atoms with E-state index in [-0.39, 0.29) is 12.2 Å². The van der Waals surface area contributed by atoms with Crippen LogP contribution in [0.4, 0.5) is 0 Å². The summed E-state index contributed by atoms with van der Waals surface area (Å²) in [5, 5.41) is 14.7. The number of rotatable bonds is 1. The van der Waals surface area contributed by atoms with Gasteiger partial charge < -0.3 is 9.84 Å². The molecule has 1 aromatic rings. The van der Waals surface area contributed by atoms with Crippen molar-refractivity contribution in [2.24, 2.45) is 7.05 Å². The summed E-state index contributed by atoms with van der Waals surface area (Å²) in [7, 11) is 1.88. The summed E-state index contributed by atoms with van der Waals surface area (Å²) >= 11 is 0. The van der Waals surface area contributed by atoms with Gasteiger partial charge in [-0.1, -0.05) is 0 Å². The lowest BCUT2D eigenvalue weighted by molar-refractivity contribution is -0.115. The zero-order valence-corrected chi connectivity index (χ0v) is 8.89. The van der Waals surface area contributed by atoms with E-state index < -0.39 is 5.60 Å². The Morgan fingerprint density at radius 1 is 1.47 bits per heavy atom. The Kier molecular flexibility index (Phi) is 1.91. The van der Waals surface area contributed by atoms with Gasteiger partial charge in [0.15, 0.2) is 0 Å². The summed E-state index contributed by atoms with van der Waals surface area (Å²) in [5.41, 5.74) is 0.225. The third-order valence-corrected chi connectivity index (χ3v) is 3.57. The molecule has 3 heterocycles. The van der Waals surface area contributed by atoms with E-state index >= 15 is 0 Å². The summed E-state index contributed by atoms with van der Waals surface area (Å²) in [5.74, 6) is 0. The zero-order valence-electron chi connectivity index (χ0n) is 8.89. The summed E-state index contributed by atoms with van der Waals surface area (Å²) in [6, 6.07) is 0. The standard InChI is InChI=1S/C11H16N2O2/c1-13-7-8(6-12-13)11(14)4-9-2-3-10(5-11)15-9/h6-7,9-10,14H,2-5H2,1H3. The smallest absolute Gasteiger partial charge is 0.0976 e. The molecule has 0 saturated carbocycles. The van der Waals surface area contributed by atoms with Gasteiger partial charge in [-0.2, -0.15) is 5.10 Å². The molecular formula is C11H16N2O2.